The zero-order valence-electron chi connectivity index (χ0n) is 19.7. The molecule has 0 saturated heterocycles. The molecule has 4 rings (SSSR count). The topological polar surface area (TPSA) is 66.3 Å². The first-order valence-electron chi connectivity index (χ1n) is 12.0. The Morgan fingerprint density at radius 1 is 0.909 bits per heavy atom. The normalized spacial score (nSPS) is 13.1. The highest BCUT2D eigenvalue weighted by Gasteiger charge is 2.23. The number of benzene rings is 2. The molecule has 0 bridgehead atoms. The molecule has 172 valence electrons. The average Bonchev–Trinajstić information content (AvgIpc) is 2.81. The highest BCUT2D eigenvalue weighted by molar-refractivity contribution is 5.80. The molecule has 5 nitrogen and oxygen atoms in total. The fraction of sp³-hybridized carbons (Fsp3) is 0.393. The first-order valence-corrected chi connectivity index (χ1v) is 12.0. The molecule has 0 aliphatic carbocycles. The van der Waals surface area contributed by atoms with Crippen molar-refractivity contribution in [3.63, 3.8) is 0 Å². The monoisotopic (exact) mass is 443 g/mol. The van der Waals surface area contributed by atoms with Crippen molar-refractivity contribution in [2.24, 2.45) is 0 Å². The van der Waals surface area contributed by atoms with Crippen molar-refractivity contribution < 1.29 is 9.90 Å². The molecule has 0 fully saturated rings. The maximum Gasteiger partial charge on any atom is 0.303 e. The highest BCUT2D eigenvalue weighted by atomic mass is 16.4. The molecule has 33 heavy (non-hydrogen) atoms. The van der Waals surface area contributed by atoms with E-state index in [1.54, 1.807) is 0 Å². The summed E-state index contributed by atoms with van der Waals surface area (Å²) < 4.78 is 0. The summed E-state index contributed by atoms with van der Waals surface area (Å²) in [5.74, 6) is 0.308. The van der Waals surface area contributed by atoms with Crippen LogP contribution in [0.25, 0.3) is 22.5 Å². The van der Waals surface area contributed by atoms with Crippen LogP contribution in [0.1, 0.15) is 55.3 Å². The molecule has 2 aromatic carbocycles. The number of aromatic nitrogens is 2. The largest absolute Gasteiger partial charge is 0.481 e. The molecule has 1 aliphatic rings. The minimum atomic E-state index is -0.705. The van der Waals surface area contributed by atoms with Gasteiger partial charge in [0.05, 0.1) is 17.1 Å². The van der Waals surface area contributed by atoms with Crippen LogP contribution in [0.5, 0.6) is 0 Å². The van der Waals surface area contributed by atoms with Crippen molar-refractivity contribution in [1.82, 2.24) is 9.97 Å². The Labute approximate surface area is 196 Å². The molecule has 0 unspecified atom stereocenters. The average molecular weight is 444 g/mol. The fourth-order valence-corrected chi connectivity index (χ4v) is 4.48. The van der Waals surface area contributed by atoms with Gasteiger partial charge < -0.3 is 10.0 Å². The van der Waals surface area contributed by atoms with Gasteiger partial charge in [0.25, 0.3) is 0 Å². The molecule has 0 spiro atoms. The van der Waals surface area contributed by atoms with E-state index in [0.29, 0.717) is 0 Å². The Balaban J connectivity index is 1.63. The van der Waals surface area contributed by atoms with Crippen LogP contribution in [-0.2, 0) is 11.2 Å². The van der Waals surface area contributed by atoms with Crippen LogP contribution in [0, 0.1) is 13.8 Å². The van der Waals surface area contributed by atoms with Crippen LogP contribution in [0.3, 0.4) is 0 Å². The standard InChI is InChI=1S/C28H33N3O2/c1-20-13-15-22(16-14-20)26-27(23-10-7-9-21(2)19-23)30-28-24(29-26)11-8-18-31(28)17-6-4-3-5-12-25(32)33/h7,9-10,13-16,19H,3-6,8,11-12,17-18H2,1-2H3,(H,32,33). The van der Waals surface area contributed by atoms with Crippen LogP contribution in [-0.4, -0.2) is 34.1 Å². The Hall–Kier alpha value is -3.21. The van der Waals surface area contributed by atoms with Gasteiger partial charge in [0.2, 0.25) is 0 Å². The summed E-state index contributed by atoms with van der Waals surface area (Å²) in [5, 5.41) is 8.81. The van der Waals surface area contributed by atoms with E-state index in [9.17, 15) is 4.79 Å². The predicted molar refractivity (Wildman–Crippen MR) is 134 cm³/mol. The second kappa shape index (κ2) is 10.6. The smallest absolute Gasteiger partial charge is 0.303 e. The number of hydrogen-bond acceptors (Lipinski definition) is 4. The van der Waals surface area contributed by atoms with E-state index in [4.69, 9.17) is 15.1 Å². The lowest BCUT2D eigenvalue weighted by molar-refractivity contribution is -0.137. The van der Waals surface area contributed by atoms with Gasteiger partial charge in [-0.2, -0.15) is 0 Å². The van der Waals surface area contributed by atoms with Crippen molar-refractivity contribution in [2.45, 2.75) is 58.8 Å². The van der Waals surface area contributed by atoms with E-state index in [2.05, 4.69) is 67.3 Å². The summed E-state index contributed by atoms with van der Waals surface area (Å²) in [7, 11) is 0. The van der Waals surface area contributed by atoms with Gasteiger partial charge in [-0.1, -0.05) is 66.4 Å². The van der Waals surface area contributed by atoms with Gasteiger partial charge in [-0.15, -0.1) is 0 Å². The first-order chi connectivity index (χ1) is 16.0. The number of carbonyl (C=O) groups is 1. The Kier molecular flexibility index (Phi) is 7.38. The van der Waals surface area contributed by atoms with E-state index in [1.165, 1.54) is 11.1 Å². The number of rotatable bonds is 9. The Morgan fingerprint density at radius 3 is 2.42 bits per heavy atom. The van der Waals surface area contributed by atoms with Crippen molar-refractivity contribution in [3.05, 3.63) is 65.4 Å². The Bertz CT molecular complexity index is 1110. The number of nitrogens with zero attached hydrogens (tertiary/aromatic N) is 3. The predicted octanol–water partition coefficient (Wildman–Crippen LogP) is 6.22. The van der Waals surface area contributed by atoms with Gasteiger partial charge >= 0.3 is 5.97 Å². The molecule has 0 radical (unpaired) electrons. The van der Waals surface area contributed by atoms with E-state index in [-0.39, 0.29) is 6.42 Å². The number of carboxylic acids is 1. The molecule has 2 heterocycles. The second-order valence-corrected chi connectivity index (χ2v) is 9.08. The maximum absolute atomic E-state index is 10.7. The molecule has 1 aliphatic heterocycles. The summed E-state index contributed by atoms with van der Waals surface area (Å²) in [5.41, 5.74) is 7.61. The van der Waals surface area contributed by atoms with Gasteiger partial charge in [0.1, 0.15) is 0 Å². The number of aryl methyl sites for hydroxylation is 3. The van der Waals surface area contributed by atoms with Gasteiger partial charge in [-0.25, -0.2) is 9.97 Å². The lowest BCUT2D eigenvalue weighted by atomic mass is 10.0. The summed E-state index contributed by atoms with van der Waals surface area (Å²) in [6, 6.07) is 17.0. The van der Waals surface area contributed by atoms with Crippen LogP contribution < -0.4 is 4.90 Å². The van der Waals surface area contributed by atoms with E-state index < -0.39 is 5.97 Å². The molecule has 1 N–H and O–H groups in total. The molecule has 3 aromatic rings. The lowest BCUT2D eigenvalue weighted by Gasteiger charge is -2.30. The van der Waals surface area contributed by atoms with Gasteiger partial charge in [-0.05, 0) is 45.6 Å². The molecule has 0 amide bonds. The first kappa shape index (κ1) is 23.0. The number of anilines is 1. The molecular weight excluding hydrogens is 410 g/mol. The van der Waals surface area contributed by atoms with Gasteiger partial charge in [0.15, 0.2) is 5.82 Å². The molecule has 0 saturated carbocycles. The zero-order chi connectivity index (χ0) is 23.2. The maximum atomic E-state index is 10.7. The minimum Gasteiger partial charge on any atom is -0.481 e. The van der Waals surface area contributed by atoms with E-state index >= 15 is 0 Å². The highest BCUT2D eigenvalue weighted by Crippen LogP contribution is 2.35. The van der Waals surface area contributed by atoms with Crippen LogP contribution in [0.4, 0.5) is 5.82 Å². The summed E-state index contributed by atoms with van der Waals surface area (Å²) in [6.07, 6.45) is 6.09. The van der Waals surface area contributed by atoms with Crippen LogP contribution in [0.15, 0.2) is 48.5 Å². The van der Waals surface area contributed by atoms with Crippen molar-refractivity contribution in [3.8, 4) is 22.5 Å². The van der Waals surface area contributed by atoms with E-state index in [1.807, 2.05) is 0 Å². The number of unbranched alkanes of at least 4 members (excludes halogenated alkanes) is 3. The van der Waals surface area contributed by atoms with Crippen LogP contribution in [0.2, 0.25) is 0 Å². The quantitative estimate of drug-likeness (QED) is 0.398. The third-order valence-corrected chi connectivity index (χ3v) is 6.27. The molecule has 0 atom stereocenters. The van der Waals surface area contributed by atoms with Crippen molar-refractivity contribution in [2.75, 3.05) is 18.0 Å². The molecular formula is C28H33N3O2. The zero-order valence-corrected chi connectivity index (χ0v) is 19.7. The van der Waals surface area contributed by atoms with E-state index in [0.717, 1.165) is 85.6 Å². The second-order valence-electron chi connectivity index (χ2n) is 9.08. The van der Waals surface area contributed by atoms with Crippen LogP contribution >= 0.6 is 0 Å². The van der Waals surface area contributed by atoms with Gasteiger partial charge in [0, 0.05) is 30.6 Å². The summed E-state index contributed by atoms with van der Waals surface area (Å²) in [6.45, 7) is 6.14. The lowest BCUT2D eigenvalue weighted by Crippen LogP contribution is -2.32. The molecule has 5 heteroatoms. The SMILES string of the molecule is Cc1ccc(-c2nc3c(nc2-c2cccc(C)c2)N(CCCCCCC(=O)O)CCC3)cc1. The number of hydrogen-bond donors (Lipinski definition) is 1. The third kappa shape index (κ3) is 5.78. The van der Waals surface area contributed by atoms with Crippen molar-refractivity contribution >= 4 is 11.8 Å². The molecule has 1 aromatic heterocycles. The number of aliphatic carboxylic acids is 1. The minimum absolute atomic E-state index is 0.264. The third-order valence-electron chi connectivity index (χ3n) is 6.27. The summed E-state index contributed by atoms with van der Waals surface area (Å²) >= 11 is 0. The summed E-state index contributed by atoms with van der Waals surface area (Å²) in [4.78, 5) is 23.5. The van der Waals surface area contributed by atoms with Gasteiger partial charge in [-0.3, -0.25) is 4.79 Å². The number of fused-ring (bicyclic) bond motifs is 1. The fourth-order valence-electron chi connectivity index (χ4n) is 4.48. The number of carboxylic acid groups (broad SMARTS) is 1. The van der Waals surface area contributed by atoms with Crippen molar-refractivity contribution in [1.29, 1.82) is 0 Å². The Morgan fingerprint density at radius 2 is 1.67 bits per heavy atom.